The first kappa shape index (κ1) is 9.97. The normalized spacial score (nSPS) is 32.5. The molecule has 0 bridgehead atoms. The average Bonchev–Trinajstić information content (AvgIpc) is 2.88. The maximum absolute atomic E-state index is 12.0. The summed E-state index contributed by atoms with van der Waals surface area (Å²) in [6.07, 6.45) is 5.64. The monoisotopic (exact) mass is 196 g/mol. The SMILES string of the molecule is NCC1CCC(C(=O)N2CCCC2)C1. The topological polar surface area (TPSA) is 46.3 Å². The maximum atomic E-state index is 12.0. The fraction of sp³-hybridized carbons (Fsp3) is 0.909. The van der Waals surface area contributed by atoms with Gasteiger partial charge in [0.2, 0.25) is 5.91 Å². The fourth-order valence-electron chi connectivity index (χ4n) is 2.71. The second-order valence-electron chi connectivity index (χ2n) is 4.64. The van der Waals surface area contributed by atoms with Crippen molar-refractivity contribution in [2.24, 2.45) is 17.6 Å². The Labute approximate surface area is 85.6 Å². The summed E-state index contributed by atoms with van der Waals surface area (Å²) in [6.45, 7) is 2.73. The Bertz CT molecular complexity index is 211. The van der Waals surface area contributed by atoms with Crippen LogP contribution < -0.4 is 5.73 Å². The zero-order valence-corrected chi connectivity index (χ0v) is 8.74. The van der Waals surface area contributed by atoms with E-state index in [-0.39, 0.29) is 0 Å². The second kappa shape index (κ2) is 4.30. The van der Waals surface area contributed by atoms with Gasteiger partial charge in [-0.3, -0.25) is 4.79 Å². The summed E-state index contributed by atoms with van der Waals surface area (Å²) in [4.78, 5) is 14.0. The van der Waals surface area contributed by atoms with Crippen molar-refractivity contribution in [1.29, 1.82) is 0 Å². The standard InChI is InChI=1S/C11H20N2O/c12-8-9-3-4-10(7-9)11(14)13-5-1-2-6-13/h9-10H,1-8,12H2. The second-order valence-corrected chi connectivity index (χ2v) is 4.64. The molecule has 2 fully saturated rings. The minimum atomic E-state index is 0.293. The Morgan fingerprint density at radius 2 is 2.00 bits per heavy atom. The van der Waals surface area contributed by atoms with E-state index in [2.05, 4.69) is 0 Å². The quantitative estimate of drug-likeness (QED) is 0.715. The van der Waals surface area contributed by atoms with Crippen LogP contribution in [0.1, 0.15) is 32.1 Å². The minimum Gasteiger partial charge on any atom is -0.342 e. The molecular formula is C11H20N2O. The van der Waals surface area contributed by atoms with Gasteiger partial charge in [-0.05, 0) is 44.6 Å². The third kappa shape index (κ3) is 1.92. The molecule has 0 radical (unpaired) electrons. The van der Waals surface area contributed by atoms with Crippen molar-refractivity contribution in [1.82, 2.24) is 4.90 Å². The predicted molar refractivity (Wildman–Crippen MR) is 55.7 cm³/mol. The number of rotatable bonds is 2. The van der Waals surface area contributed by atoms with E-state index in [1.165, 1.54) is 12.8 Å². The van der Waals surface area contributed by atoms with Crippen LogP contribution >= 0.6 is 0 Å². The van der Waals surface area contributed by atoms with Gasteiger partial charge in [-0.2, -0.15) is 0 Å². The number of carbonyl (C=O) groups excluding carboxylic acids is 1. The molecule has 3 nitrogen and oxygen atoms in total. The Morgan fingerprint density at radius 1 is 1.29 bits per heavy atom. The summed E-state index contributed by atoms with van der Waals surface area (Å²) in [6, 6.07) is 0. The molecule has 2 aliphatic rings. The van der Waals surface area contributed by atoms with Crippen LogP contribution in [0.25, 0.3) is 0 Å². The molecule has 1 saturated heterocycles. The summed E-state index contributed by atoms with van der Waals surface area (Å²) in [5.41, 5.74) is 5.62. The van der Waals surface area contributed by atoms with Gasteiger partial charge in [-0.25, -0.2) is 0 Å². The van der Waals surface area contributed by atoms with Crippen LogP contribution in [-0.2, 0) is 4.79 Å². The molecule has 1 heterocycles. The van der Waals surface area contributed by atoms with E-state index in [0.717, 1.165) is 38.9 Å². The Kier molecular flexibility index (Phi) is 3.06. The highest BCUT2D eigenvalue weighted by molar-refractivity contribution is 5.79. The van der Waals surface area contributed by atoms with Crippen molar-refractivity contribution in [3.63, 3.8) is 0 Å². The molecule has 14 heavy (non-hydrogen) atoms. The van der Waals surface area contributed by atoms with Crippen LogP contribution in [0.5, 0.6) is 0 Å². The number of nitrogens with zero attached hydrogens (tertiary/aromatic N) is 1. The lowest BCUT2D eigenvalue weighted by Crippen LogP contribution is -2.32. The summed E-state index contributed by atoms with van der Waals surface area (Å²) in [5, 5.41) is 0. The van der Waals surface area contributed by atoms with E-state index in [4.69, 9.17) is 5.73 Å². The van der Waals surface area contributed by atoms with Crippen molar-refractivity contribution in [3.05, 3.63) is 0 Å². The van der Waals surface area contributed by atoms with Crippen LogP contribution in [0.3, 0.4) is 0 Å². The summed E-state index contributed by atoms with van der Waals surface area (Å²) < 4.78 is 0. The molecule has 2 unspecified atom stereocenters. The summed E-state index contributed by atoms with van der Waals surface area (Å²) >= 11 is 0. The molecule has 1 saturated carbocycles. The van der Waals surface area contributed by atoms with Gasteiger partial charge >= 0.3 is 0 Å². The van der Waals surface area contributed by atoms with Gasteiger partial charge in [0, 0.05) is 19.0 Å². The van der Waals surface area contributed by atoms with E-state index in [1.807, 2.05) is 4.90 Å². The Hall–Kier alpha value is -0.570. The maximum Gasteiger partial charge on any atom is 0.225 e. The third-order valence-electron chi connectivity index (χ3n) is 3.64. The molecule has 0 aromatic carbocycles. The smallest absolute Gasteiger partial charge is 0.225 e. The van der Waals surface area contributed by atoms with Crippen LogP contribution in [0.2, 0.25) is 0 Å². The molecule has 2 atom stereocenters. The first-order valence-electron chi connectivity index (χ1n) is 5.80. The highest BCUT2D eigenvalue weighted by atomic mass is 16.2. The molecular weight excluding hydrogens is 176 g/mol. The number of likely N-dealkylation sites (tertiary alicyclic amines) is 1. The molecule has 3 heteroatoms. The average molecular weight is 196 g/mol. The first-order chi connectivity index (χ1) is 6.81. The van der Waals surface area contributed by atoms with Crippen molar-refractivity contribution < 1.29 is 4.79 Å². The van der Waals surface area contributed by atoms with Gasteiger partial charge < -0.3 is 10.6 Å². The zero-order chi connectivity index (χ0) is 9.97. The number of hydrogen-bond acceptors (Lipinski definition) is 2. The van der Waals surface area contributed by atoms with Gasteiger partial charge in [-0.15, -0.1) is 0 Å². The predicted octanol–water partition coefficient (Wildman–Crippen LogP) is 0.984. The number of carbonyl (C=O) groups is 1. The van der Waals surface area contributed by atoms with E-state index in [0.29, 0.717) is 17.7 Å². The van der Waals surface area contributed by atoms with Crippen molar-refractivity contribution >= 4 is 5.91 Å². The molecule has 2 rings (SSSR count). The van der Waals surface area contributed by atoms with Gasteiger partial charge in [0.1, 0.15) is 0 Å². The molecule has 0 aromatic rings. The summed E-state index contributed by atoms with van der Waals surface area (Å²) in [5.74, 6) is 1.30. The Balaban J connectivity index is 1.86. The number of hydrogen-bond donors (Lipinski definition) is 1. The minimum absolute atomic E-state index is 0.293. The van der Waals surface area contributed by atoms with Crippen LogP contribution in [0, 0.1) is 11.8 Å². The van der Waals surface area contributed by atoms with Gasteiger partial charge in [0.15, 0.2) is 0 Å². The van der Waals surface area contributed by atoms with E-state index in [9.17, 15) is 4.79 Å². The summed E-state index contributed by atoms with van der Waals surface area (Å²) in [7, 11) is 0. The van der Waals surface area contributed by atoms with Crippen molar-refractivity contribution in [2.75, 3.05) is 19.6 Å². The molecule has 1 aliphatic carbocycles. The van der Waals surface area contributed by atoms with E-state index < -0.39 is 0 Å². The van der Waals surface area contributed by atoms with Gasteiger partial charge in [0.25, 0.3) is 0 Å². The zero-order valence-electron chi connectivity index (χ0n) is 8.74. The first-order valence-corrected chi connectivity index (χ1v) is 5.80. The highest BCUT2D eigenvalue weighted by Gasteiger charge is 2.32. The van der Waals surface area contributed by atoms with Crippen LogP contribution in [0.4, 0.5) is 0 Å². The highest BCUT2D eigenvalue weighted by Crippen LogP contribution is 2.32. The van der Waals surface area contributed by atoms with Crippen LogP contribution in [-0.4, -0.2) is 30.4 Å². The van der Waals surface area contributed by atoms with E-state index >= 15 is 0 Å². The lowest BCUT2D eigenvalue weighted by molar-refractivity contribution is -0.134. The molecule has 1 amide bonds. The number of amides is 1. The Morgan fingerprint density at radius 3 is 2.57 bits per heavy atom. The lowest BCUT2D eigenvalue weighted by atomic mass is 10.0. The van der Waals surface area contributed by atoms with Crippen molar-refractivity contribution in [2.45, 2.75) is 32.1 Å². The fourth-order valence-corrected chi connectivity index (χ4v) is 2.71. The lowest BCUT2D eigenvalue weighted by Gasteiger charge is -2.19. The molecule has 1 aliphatic heterocycles. The molecule has 0 aromatic heterocycles. The molecule has 80 valence electrons. The molecule has 2 N–H and O–H groups in total. The van der Waals surface area contributed by atoms with Gasteiger partial charge in [0.05, 0.1) is 0 Å². The number of nitrogens with two attached hydrogens (primary N) is 1. The van der Waals surface area contributed by atoms with E-state index in [1.54, 1.807) is 0 Å². The van der Waals surface area contributed by atoms with Gasteiger partial charge in [-0.1, -0.05) is 0 Å². The largest absolute Gasteiger partial charge is 0.342 e. The third-order valence-corrected chi connectivity index (χ3v) is 3.64. The van der Waals surface area contributed by atoms with Crippen LogP contribution in [0.15, 0.2) is 0 Å². The molecule has 0 spiro atoms. The van der Waals surface area contributed by atoms with Crippen molar-refractivity contribution in [3.8, 4) is 0 Å².